The zero-order chi connectivity index (χ0) is 14.5. The normalized spacial score (nSPS) is 13.6. The van der Waals surface area contributed by atoms with E-state index in [0.29, 0.717) is 11.4 Å². The van der Waals surface area contributed by atoms with Crippen LogP contribution in [0.5, 0.6) is 0 Å². The van der Waals surface area contributed by atoms with Crippen LogP contribution >= 0.6 is 0 Å². The summed E-state index contributed by atoms with van der Waals surface area (Å²) in [5, 5.41) is 20.0. The molecule has 0 radical (unpaired) electrons. The average molecular weight is 266 g/mol. The van der Waals surface area contributed by atoms with E-state index < -0.39 is 0 Å². The molecule has 2 amide bonds. The van der Waals surface area contributed by atoms with Gasteiger partial charge in [0.25, 0.3) is 0 Å². The Bertz CT molecular complexity index is 647. The van der Waals surface area contributed by atoms with E-state index in [9.17, 15) is 9.59 Å². The van der Waals surface area contributed by atoms with E-state index in [0.717, 1.165) is 4.90 Å². The molecule has 0 bridgehead atoms. The lowest BCUT2D eigenvalue weighted by Crippen LogP contribution is -2.28. The Balaban J connectivity index is 2.23. The third-order valence-electron chi connectivity index (χ3n) is 2.78. The van der Waals surface area contributed by atoms with Gasteiger partial charge in [0.2, 0.25) is 11.8 Å². The molecule has 0 unspecified atom stereocenters. The van der Waals surface area contributed by atoms with Crippen LogP contribution in [0.15, 0.2) is 36.0 Å². The minimum atomic E-state index is -0.225. The lowest BCUT2D eigenvalue weighted by atomic mass is 10.2. The molecule has 98 valence electrons. The van der Waals surface area contributed by atoms with E-state index >= 15 is 0 Å². The van der Waals surface area contributed by atoms with Gasteiger partial charge in [-0.2, -0.15) is 10.5 Å². The first-order chi connectivity index (χ1) is 9.65. The fourth-order valence-electron chi connectivity index (χ4n) is 1.84. The molecule has 1 aliphatic heterocycles. The molecule has 1 aromatic rings. The first-order valence-corrected chi connectivity index (χ1v) is 5.88. The van der Waals surface area contributed by atoms with E-state index in [1.165, 1.54) is 6.20 Å². The van der Waals surface area contributed by atoms with Gasteiger partial charge in [0.05, 0.1) is 5.69 Å². The molecule has 1 heterocycles. The van der Waals surface area contributed by atoms with Crippen molar-refractivity contribution in [2.75, 3.05) is 10.2 Å². The average Bonchev–Trinajstić information content (AvgIpc) is 2.79. The lowest BCUT2D eigenvalue weighted by Gasteiger charge is -2.14. The van der Waals surface area contributed by atoms with Gasteiger partial charge in [-0.3, -0.25) is 14.5 Å². The molecular weight excluding hydrogens is 256 g/mol. The molecule has 1 aliphatic rings. The topological polar surface area (TPSA) is 97.0 Å². The molecule has 20 heavy (non-hydrogen) atoms. The fraction of sp³-hybridized carbons (Fsp3) is 0.143. The smallest absolute Gasteiger partial charge is 0.234 e. The standard InChI is InChI=1S/C14H10N4O2/c15-7-10(8-16)9-17-11-2-1-3-12(6-11)18-13(19)4-5-14(18)20/h1-3,6,9,17H,4-5H2. The summed E-state index contributed by atoms with van der Waals surface area (Å²) in [5.41, 5.74) is 0.994. The van der Waals surface area contributed by atoms with Crippen LogP contribution in [0.4, 0.5) is 11.4 Å². The first kappa shape index (κ1) is 13.3. The Labute approximate surface area is 115 Å². The molecule has 0 atom stereocenters. The Kier molecular flexibility index (Phi) is 3.78. The summed E-state index contributed by atoms with van der Waals surface area (Å²) in [4.78, 5) is 24.4. The van der Waals surface area contributed by atoms with E-state index in [1.54, 1.807) is 36.4 Å². The fourth-order valence-corrected chi connectivity index (χ4v) is 1.84. The van der Waals surface area contributed by atoms with Crippen LogP contribution in [-0.2, 0) is 9.59 Å². The molecule has 0 aromatic heterocycles. The summed E-state index contributed by atoms with van der Waals surface area (Å²) in [6.45, 7) is 0. The van der Waals surface area contributed by atoms with Crippen molar-refractivity contribution in [3.05, 3.63) is 36.0 Å². The number of nitriles is 2. The predicted molar refractivity (Wildman–Crippen MR) is 71.1 cm³/mol. The third kappa shape index (κ3) is 2.65. The number of carbonyl (C=O) groups is 2. The number of hydrogen-bond acceptors (Lipinski definition) is 5. The van der Waals surface area contributed by atoms with Gasteiger partial charge in [0.1, 0.15) is 17.7 Å². The summed E-state index contributed by atoms with van der Waals surface area (Å²) in [6, 6.07) is 10.1. The number of allylic oxidation sites excluding steroid dienone is 1. The van der Waals surface area contributed by atoms with Crippen molar-refractivity contribution < 1.29 is 9.59 Å². The molecule has 1 fully saturated rings. The monoisotopic (exact) mass is 266 g/mol. The minimum Gasteiger partial charge on any atom is -0.360 e. The minimum absolute atomic E-state index is 0.0660. The number of rotatable bonds is 3. The zero-order valence-corrected chi connectivity index (χ0v) is 10.5. The molecule has 0 aliphatic carbocycles. The second-order valence-electron chi connectivity index (χ2n) is 4.10. The van der Waals surface area contributed by atoms with Crippen LogP contribution in [0, 0.1) is 22.7 Å². The third-order valence-corrected chi connectivity index (χ3v) is 2.78. The zero-order valence-electron chi connectivity index (χ0n) is 10.5. The van der Waals surface area contributed by atoms with Crippen molar-refractivity contribution in [2.45, 2.75) is 12.8 Å². The maximum Gasteiger partial charge on any atom is 0.234 e. The number of carbonyl (C=O) groups excluding carboxylic acids is 2. The highest BCUT2D eigenvalue weighted by Crippen LogP contribution is 2.25. The number of anilines is 2. The summed E-state index contributed by atoms with van der Waals surface area (Å²) < 4.78 is 0. The van der Waals surface area contributed by atoms with Crippen LogP contribution in [-0.4, -0.2) is 11.8 Å². The van der Waals surface area contributed by atoms with Crippen LogP contribution in [0.1, 0.15) is 12.8 Å². The quantitative estimate of drug-likeness (QED) is 0.663. The number of amides is 2. The molecule has 0 spiro atoms. The first-order valence-electron chi connectivity index (χ1n) is 5.88. The molecule has 1 aromatic carbocycles. The molecule has 6 heteroatoms. The largest absolute Gasteiger partial charge is 0.360 e. The van der Waals surface area contributed by atoms with Gasteiger partial charge in [-0.1, -0.05) is 6.07 Å². The Morgan fingerprint density at radius 3 is 2.45 bits per heavy atom. The van der Waals surface area contributed by atoms with Crippen LogP contribution in [0.25, 0.3) is 0 Å². The maximum atomic E-state index is 11.6. The number of benzene rings is 1. The number of hydrogen-bond donors (Lipinski definition) is 1. The summed E-state index contributed by atoms with van der Waals surface area (Å²) in [6.07, 6.45) is 1.72. The highest BCUT2D eigenvalue weighted by Gasteiger charge is 2.30. The van der Waals surface area contributed by atoms with Gasteiger partial charge in [-0.15, -0.1) is 0 Å². The van der Waals surface area contributed by atoms with Gasteiger partial charge in [-0.05, 0) is 18.2 Å². The van der Waals surface area contributed by atoms with E-state index in [2.05, 4.69) is 5.32 Å². The summed E-state index contributed by atoms with van der Waals surface area (Å²) in [7, 11) is 0. The second-order valence-corrected chi connectivity index (χ2v) is 4.10. The Morgan fingerprint density at radius 1 is 1.20 bits per heavy atom. The number of nitrogens with one attached hydrogen (secondary N) is 1. The molecule has 0 saturated carbocycles. The van der Waals surface area contributed by atoms with Crippen molar-refractivity contribution in [3.63, 3.8) is 0 Å². The highest BCUT2D eigenvalue weighted by atomic mass is 16.2. The molecule has 1 N–H and O–H groups in total. The molecular formula is C14H10N4O2. The van der Waals surface area contributed by atoms with Gasteiger partial charge < -0.3 is 5.32 Å². The van der Waals surface area contributed by atoms with E-state index in [4.69, 9.17) is 10.5 Å². The lowest BCUT2D eigenvalue weighted by molar-refractivity contribution is -0.121. The van der Waals surface area contributed by atoms with Crippen molar-refractivity contribution >= 4 is 23.2 Å². The van der Waals surface area contributed by atoms with Crippen LogP contribution in [0.3, 0.4) is 0 Å². The maximum absolute atomic E-state index is 11.6. The van der Waals surface area contributed by atoms with Crippen molar-refractivity contribution in [2.24, 2.45) is 0 Å². The van der Waals surface area contributed by atoms with E-state index in [1.807, 2.05) is 0 Å². The SMILES string of the molecule is N#CC(C#N)=CNc1cccc(N2C(=O)CCC2=O)c1. The Morgan fingerprint density at radius 2 is 1.85 bits per heavy atom. The van der Waals surface area contributed by atoms with Crippen molar-refractivity contribution in [3.8, 4) is 12.1 Å². The van der Waals surface area contributed by atoms with Crippen molar-refractivity contribution in [1.29, 1.82) is 10.5 Å². The van der Waals surface area contributed by atoms with Crippen LogP contribution in [0.2, 0.25) is 0 Å². The molecule has 6 nitrogen and oxygen atoms in total. The Hall–Kier alpha value is -3.12. The number of nitrogens with zero attached hydrogens (tertiary/aromatic N) is 3. The van der Waals surface area contributed by atoms with Gasteiger partial charge in [0, 0.05) is 24.7 Å². The van der Waals surface area contributed by atoms with Gasteiger partial charge in [0.15, 0.2) is 0 Å². The van der Waals surface area contributed by atoms with Gasteiger partial charge >= 0.3 is 0 Å². The van der Waals surface area contributed by atoms with Crippen molar-refractivity contribution in [1.82, 2.24) is 0 Å². The van der Waals surface area contributed by atoms with E-state index in [-0.39, 0.29) is 30.2 Å². The van der Waals surface area contributed by atoms with Gasteiger partial charge in [-0.25, -0.2) is 0 Å². The summed E-state index contributed by atoms with van der Waals surface area (Å²) in [5.74, 6) is -0.449. The summed E-state index contributed by atoms with van der Waals surface area (Å²) >= 11 is 0. The number of imide groups is 1. The predicted octanol–water partition coefficient (Wildman–Crippen LogP) is 1.68. The highest BCUT2D eigenvalue weighted by molar-refractivity contribution is 6.19. The molecule has 1 saturated heterocycles. The molecule has 2 rings (SSSR count). The van der Waals surface area contributed by atoms with Crippen LogP contribution < -0.4 is 10.2 Å². The second kappa shape index (κ2) is 5.68.